The fourth-order valence-electron chi connectivity index (χ4n) is 1.17. The average molecular weight is 194 g/mol. The lowest BCUT2D eigenvalue weighted by molar-refractivity contribution is 0.490. The number of rotatable bonds is 2. The van der Waals surface area contributed by atoms with Gasteiger partial charge in [-0.1, -0.05) is 17.8 Å². The number of nitrogens with two attached hydrogens (primary N) is 1. The maximum atomic E-state index is 5.52. The van der Waals surface area contributed by atoms with Crippen molar-refractivity contribution in [3.63, 3.8) is 0 Å². The van der Waals surface area contributed by atoms with E-state index in [0.717, 1.165) is 16.7 Å². The summed E-state index contributed by atoms with van der Waals surface area (Å²) in [6.07, 6.45) is 1.94. The van der Waals surface area contributed by atoms with Crippen LogP contribution in [-0.4, -0.2) is 11.2 Å². The van der Waals surface area contributed by atoms with Gasteiger partial charge in [0.1, 0.15) is 5.52 Å². The summed E-state index contributed by atoms with van der Waals surface area (Å²) in [5.41, 5.74) is 8.30. The van der Waals surface area contributed by atoms with E-state index < -0.39 is 0 Å². The quantitative estimate of drug-likeness (QED) is 0.743. The summed E-state index contributed by atoms with van der Waals surface area (Å²) in [4.78, 5) is 4.28. The number of benzene rings is 1. The normalized spacial score (nSPS) is 10.9. The van der Waals surface area contributed by atoms with E-state index in [1.807, 2.05) is 24.5 Å². The molecule has 0 aliphatic heterocycles. The molecule has 0 radical (unpaired) electrons. The topological polar surface area (TPSA) is 52.0 Å². The summed E-state index contributed by atoms with van der Waals surface area (Å²) in [5.74, 6) is 0. The zero-order valence-electron chi connectivity index (χ0n) is 7.28. The number of hydrogen-bond donors (Lipinski definition) is 1. The first-order valence-electron chi connectivity index (χ1n) is 3.97. The molecule has 0 atom stereocenters. The summed E-state index contributed by atoms with van der Waals surface area (Å²) in [7, 11) is 0. The van der Waals surface area contributed by atoms with Crippen LogP contribution in [-0.2, 0) is 6.54 Å². The van der Waals surface area contributed by atoms with Crippen LogP contribution in [0.15, 0.2) is 27.8 Å². The Kier molecular flexibility index (Phi) is 2.24. The first kappa shape index (κ1) is 8.59. The number of thioether (sulfide) groups is 1. The summed E-state index contributed by atoms with van der Waals surface area (Å²) in [5, 5.41) is 0.698. The van der Waals surface area contributed by atoms with Gasteiger partial charge in [0.15, 0.2) is 5.58 Å². The zero-order chi connectivity index (χ0) is 9.26. The Morgan fingerprint density at radius 3 is 3.08 bits per heavy atom. The van der Waals surface area contributed by atoms with Gasteiger partial charge in [-0.3, -0.25) is 0 Å². The average Bonchev–Trinajstić information content (AvgIpc) is 2.58. The molecule has 2 rings (SSSR count). The van der Waals surface area contributed by atoms with Crippen molar-refractivity contribution in [3.05, 3.63) is 23.8 Å². The van der Waals surface area contributed by atoms with Gasteiger partial charge in [0.25, 0.3) is 5.22 Å². The first-order chi connectivity index (χ1) is 6.33. The van der Waals surface area contributed by atoms with Crippen LogP contribution in [0.25, 0.3) is 11.1 Å². The van der Waals surface area contributed by atoms with Crippen molar-refractivity contribution in [1.82, 2.24) is 4.98 Å². The lowest BCUT2D eigenvalue weighted by Crippen LogP contribution is -1.94. The molecule has 3 nitrogen and oxygen atoms in total. The van der Waals surface area contributed by atoms with Crippen LogP contribution in [0.4, 0.5) is 0 Å². The standard InChI is InChI=1S/C9H10N2OS/c1-13-9-11-7-4-6(5-10)2-3-8(7)12-9/h2-4H,5,10H2,1H3. The molecule has 68 valence electrons. The van der Waals surface area contributed by atoms with E-state index in [2.05, 4.69) is 4.98 Å². The largest absolute Gasteiger partial charge is 0.431 e. The second kappa shape index (κ2) is 3.40. The molecule has 0 unspecified atom stereocenters. The van der Waals surface area contributed by atoms with E-state index in [1.54, 1.807) is 0 Å². The minimum absolute atomic E-state index is 0.539. The van der Waals surface area contributed by atoms with Crippen molar-refractivity contribution in [2.45, 2.75) is 11.8 Å². The lowest BCUT2D eigenvalue weighted by Gasteiger charge is -1.92. The molecule has 0 aliphatic rings. The molecule has 4 heteroatoms. The van der Waals surface area contributed by atoms with Crippen molar-refractivity contribution >= 4 is 22.9 Å². The highest BCUT2D eigenvalue weighted by atomic mass is 32.2. The van der Waals surface area contributed by atoms with Crippen molar-refractivity contribution in [1.29, 1.82) is 0 Å². The van der Waals surface area contributed by atoms with Gasteiger partial charge < -0.3 is 10.2 Å². The Bertz CT molecular complexity index is 422. The fraction of sp³-hybridized carbons (Fsp3) is 0.222. The molecule has 1 aromatic carbocycles. The summed E-state index contributed by atoms with van der Waals surface area (Å²) < 4.78 is 5.43. The van der Waals surface area contributed by atoms with Gasteiger partial charge in [-0.15, -0.1) is 0 Å². The molecule has 0 aliphatic carbocycles. The zero-order valence-corrected chi connectivity index (χ0v) is 8.10. The predicted octanol–water partition coefficient (Wildman–Crippen LogP) is 2.01. The predicted molar refractivity (Wildman–Crippen MR) is 53.7 cm³/mol. The van der Waals surface area contributed by atoms with Gasteiger partial charge in [-0.25, -0.2) is 4.98 Å². The number of oxazole rings is 1. The highest BCUT2D eigenvalue weighted by Gasteiger charge is 2.04. The van der Waals surface area contributed by atoms with Crippen LogP contribution in [0.1, 0.15) is 5.56 Å². The van der Waals surface area contributed by atoms with E-state index >= 15 is 0 Å². The Labute approximate surface area is 80.3 Å². The Balaban J connectivity index is 2.57. The molecule has 0 spiro atoms. The molecule has 1 heterocycles. The molecular formula is C9H10N2OS. The third kappa shape index (κ3) is 1.55. The SMILES string of the molecule is CSc1nc2cc(CN)ccc2o1. The van der Waals surface area contributed by atoms with E-state index in [4.69, 9.17) is 10.2 Å². The molecule has 0 saturated carbocycles. The van der Waals surface area contributed by atoms with Gasteiger partial charge >= 0.3 is 0 Å². The van der Waals surface area contributed by atoms with Crippen molar-refractivity contribution in [3.8, 4) is 0 Å². The van der Waals surface area contributed by atoms with Crippen molar-refractivity contribution in [2.24, 2.45) is 5.73 Å². The van der Waals surface area contributed by atoms with Crippen molar-refractivity contribution < 1.29 is 4.42 Å². The Morgan fingerprint density at radius 1 is 1.54 bits per heavy atom. The Morgan fingerprint density at radius 2 is 2.38 bits per heavy atom. The third-order valence-electron chi connectivity index (χ3n) is 1.84. The second-order valence-electron chi connectivity index (χ2n) is 2.69. The van der Waals surface area contributed by atoms with Gasteiger partial charge in [0.2, 0.25) is 0 Å². The maximum Gasteiger partial charge on any atom is 0.256 e. The first-order valence-corrected chi connectivity index (χ1v) is 5.19. The Hall–Kier alpha value is -1.00. The third-order valence-corrected chi connectivity index (χ3v) is 2.37. The van der Waals surface area contributed by atoms with Crippen LogP contribution in [0.2, 0.25) is 0 Å². The lowest BCUT2D eigenvalue weighted by atomic mass is 10.2. The van der Waals surface area contributed by atoms with Gasteiger partial charge in [-0.2, -0.15) is 0 Å². The number of aromatic nitrogens is 1. The molecule has 0 amide bonds. The van der Waals surface area contributed by atoms with Gasteiger partial charge in [0, 0.05) is 6.54 Å². The highest BCUT2D eigenvalue weighted by Crippen LogP contribution is 2.22. The summed E-state index contributed by atoms with van der Waals surface area (Å²) in [6.45, 7) is 0.539. The molecule has 13 heavy (non-hydrogen) atoms. The molecule has 0 fully saturated rings. The number of hydrogen-bond acceptors (Lipinski definition) is 4. The smallest absolute Gasteiger partial charge is 0.256 e. The van der Waals surface area contributed by atoms with Crippen molar-refractivity contribution in [2.75, 3.05) is 6.26 Å². The number of nitrogens with zero attached hydrogens (tertiary/aromatic N) is 1. The van der Waals surface area contributed by atoms with Crippen LogP contribution in [0.5, 0.6) is 0 Å². The fourth-order valence-corrected chi connectivity index (χ4v) is 1.53. The minimum atomic E-state index is 0.539. The van der Waals surface area contributed by atoms with Crippen LogP contribution in [0.3, 0.4) is 0 Å². The number of fused-ring (bicyclic) bond motifs is 1. The molecule has 0 saturated heterocycles. The van der Waals surface area contributed by atoms with E-state index in [1.165, 1.54) is 11.8 Å². The van der Waals surface area contributed by atoms with Gasteiger partial charge in [0.05, 0.1) is 0 Å². The van der Waals surface area contributed by atoms with E-state index in [-0.39, 0.29) is 0 Å². The van der Waals surface area contributed by atoms with E-state index in [9.17, 15) is 0 Å². The molecule has 2 aromatic rings. The van der Waals surface area contributed by atoms with Crippen LogP contribution >= 0.6 is 11.8 Å². The molecule has 2 N–H and O–H groups in total. The molecule has 1 aromatic heterocycles. The molecular weight excluding hydrogens is 184 g/mol. The monoisotopic (exact) mass is 194 g/mol. The second-order valence-corrected chi connectivity index (χ2v) is 3.45. The van der Waals surface area contributed by atoms with Gasteiger partial charge in [-0.05, 0) is 24.0 Å². The maximum absolute atomic E-state index is 5.52. The summed E-state index contributed by atoms with van der Waals surface area (Å²) in [6, 6.07) is 5.82. The molecule has 0 bridgehead atoms. The summed E-state index contributed by atoms with van der Waals surface area (Å²) >= 11 is 1.50. The van der Waals surface area contributed by atoms with Crippen LogP contribution < -0.4 is 5.73 Å². The van der Waals surface area contributed by atoms with Crippen LogP contribution in [0, 0.1) is 0 Å². The van der Waals surface area contributed by atoms with E-state index in [0.29, 0.717) is 11.8 Å². The highest BCUT2D eigenvalue weighted by molar-refractivity contribution is 7.98. The minimum Gasteiger partial charge on any atom is -0.431 e.